The van der Waals surface area contributed by atoms with E-state index < -0.39 is 6.10 Å². The molecule has 2 aromatic carbocycles. The summed E-state index contributed by atoms with van der Waals surface area (Å²) in [6, 6.07) is 8.75. The molecule has 2 aromatic rings. The summed E-state index contributed by atoms with van der Waals surface area (Å²) in [4.78, 5) is 13.2. The summed E-state index contributed by atoms with van der Waals surface area (Å²) in [5, 5.41) is 10.5. The van der Waals surface area contributed by atoms with Crippen LogP contribution >= 0.6 is 0 Å². The summed E-state index contributed by atoms with van der Waals surface area (Å²) in [5.74, 6) is 1.80. The first kappa shape index (κ1) is 19.8. The lowest BCUT2D eigenvalue weighted by Crippen LogP contribution is -2.06. The highest BCUT2D eigenvalue weighted by Gasteiger charge is 2.24. The Bertz CT molecular complexity index is 890. The van der Waals surface area contributed by atoms with Gasteiger partial charge in [-0.15, -0.1) is 0 Å². The van der Waals surface area contributed by atoms with Crippen LogP contribution in [0.1, 0.15) is 40.4 Å². The van der Waals surface area contributed by atoms with E-state index in [1.807, 2.05) is 24.3 Å². The van der Waals surface area contributed by atoms with Gasteiger partial charge in [0.05, 0.1) is 34.5 Å². The average molecular weight is 384 g/mol. The fourth-order valence-corrected chi connectivity index (χ4v) is 3.38. The van der Waals surface area contributed by atoms with Crippen molar-refractivity contribution in [2.45, 2.75) is 18.9 Å². The van der Waals surface area contributed by atoms with Crippen LogP contribution in [0.5, 0.6) is 23.0 Å². The van der Waals surface area contributed by atoms with Gasteiger partial charge in [0, 0.05) is 11.1 Å². The normalized spacial score (nSPS) is 15.8. The van der Waals surface area contributed by atoms with Crippen molar-refractivity contribution < 1.29 is 28.8 Å². The van der Waals surface area contributed by atoms with Crippen LogP contribution in [-0.4, -0.2) is 39.3 Å². The first-order chi connectivity index (χ1) is 13.5. The van der Waals surface area contributed by atoms with Crippen molar-refractivity contribution >= 4 is 11.9 Å². The average Bonchev–Trinajstić information content (AvgIpc) is 2.90. The Morgan fingerprint density at radius 2 is 1.64 bits per heavy atom. The Balaban J connectivity index is 2.03. The van der Waals surface area contributed by atoms with E-state index in [0.29, 0.717) is 47.0 Å². The van der Waals surface area contributed by atoms with Gasteiger partial charge >= 0.3 is 0 Å². The van der Waals surface area contributed by atoms with Crippen molar-refractivity contribution in [2.24, 2.45) is 0 Å². The van der Waals surface area contributed by atoms with Crippen LogP contribution in [0.15, 0.2) is 35.9 Å². The number of methoxy groups -OCH3 is 4. The zero-order valence-electron chi connectivity index (χ0n) is 16.4. The maximum absolute atomic E-state index is 13.2. The van der Waals surface area contributed by atoms with Crippen molar-refractivity contribution in [3.8, 4) is 23.0 Å². The molecule has 6 nitrogen and oxygen atoms in total. The summed E-state index contributed by atoms with van der Waals surface area (Å²) in [7, 11) is 6.12. The first-order valence-corrected chi connectivity index (χ1v) is 8.93. The highest BCUT2D eigenvalue weighted by molar-refractivity contribution is 6.12. The number of fused-ring (bicyclic) bond motifs is 1. The monoisotopic (exact) mass is 384 g/mol. The van der Waals surface area contributed by atoms with Crippen LogP contribution in [-0.2, 0) is 0 Å². The zero-order valence-corrected chi connectivity index (χ0v) is 16.4. The molecule has 1 unspecified atom stereocenters. The summed E-state index contributed by atoms with van der Waals surface area (Å²) >= 11 is 0. The summed E-state index contributed by atoms with van der Waals surface area (Å²) in [6.45, 7) is 0. The number of aliphatic hydroxyl groups excluding tert-OH is 1. The van der Waals surface area contributed by atoms with E-state index in [1.54, 1.807) is 19.2 Å². The van der Waals surface area contributed by atoms with Gasteiger partial charge in [0.15, 0.2) is 17.3 Å². The van der Waals surface area contributed by atoms with E-state index in [4.69, 9.17) is 18.9 Å². The zero-order chi connectivity index (χ0) is 20.3. The second kappa shape index (κ2) is 8.35. The predicted octanol–water partition coefficient (Wildman–Crippen LogP) is 3.81. The Kier molecular flexibility index (Phi) is 5.90. The van der Waals surface area contributed by atoms with Gasteiger partial charge in [-0.05, 0) is 54.3 Å². The summed E-state index contributed by atoms with van der Waals surface area (Å²) in [5.41, 5.74) is 2.61. The molecule has 28 heavy (non-hydrogen) atoms. The van der Waals surface area contributed by atoms with Gasteiger partial charge in [-0.3, -0.25) is 4.79 Å². The van der Waals surface area contributed by atoms with E-state index in [0.717, 1.165) is 11.1 Å². The largest absolute Gasteiger partial charge is 0.497 e. The lowest BCUT2D eigenvalue weighted by Gasteiger charge is -2.14. The highest BCUT2D eigenvalue weighted by atomic mass is 16.5. The number of rotatable bonds is 6. The van der Waals surface area contributed by atoms with Crippen molar-refractivity contribution in [3.05, 3.63) is 52.6 Å². The molecular weight excluding hydrogens is 360 g/mol. The topological polar surface area (TPSA) is 74.2 Å². The lowest BCUT2D eigenvalue weighted by atomic mass is 9.98. The van der Waals surface area contributed by atoms with Crippen molar-refractivity contribution in [1.82, 2.24) is 0 Å². The molecule has 0 fully saturated rings. The minimum atomic E-state index is -0.661. The van der Waals surface area contributed by atoms with Crippen molar-refractivity contribution in [1.29, 1.82) is 0 Å². The molecule has 0 saturated heterocycles. The smallest absolute Gasteiger partial charge is 0.203 e. The summed E-state index contributed by atoms with van der Waals surface area (Å²) in [6.07, 6.45) is 2.07. The van der Waals surface area contributed by atoms with Gasteiger partial charge in [-0.25, -0.2) is 0 Å². The third kappa shape index (κ3) is 3.68. The number of allylic oxidation sites excluding steroid dienone is 1. The fraction of sp³-hybridized carbons (Fsp3) is 0.318. The van der Waals surface area contributed by atoms with E-state index in [2.05, 4.69) is 0 Å². The second-order valence-corrected chi connectivity index (χ2v) is 6.46. The van der Waals surface area contributed by atoms with Gasteiger partial charge in [0.25, 0.3) is 0 Å². The van der Waals surface area contributed by atoms with Gasteiger partial charge in [0.2, 0.25) is 5.75 Å². The van der Waals surface area contributed by atoms with Gasteiger partial charge in [0.1, 0.15) is 5.75 Å². The standard InChI is InChI=1S/C22H24O6/c1-25-16-7-5-13-9-14(6-8-18(23)17(13)12-16)21(24)15-10-19(26-2)22(28-4)20(11-15)27-3/h5,7,9-12,18,23H,6,8H2,1-4H3. The Labute approximate surface area is 164 Å². The van der Waals surface area contributed by atoms with Crippen LogP contribution < -0.4 is 18.9 Å². The molecule has 3 rings (SSSR count). The number of carbonyl (C=O) groups excluding carboxylic acids is 1. The molecule has 1 aliphatic rings. The Hall–Kier alpha value is -2.99. The van der Waals surface area contributed by atoms with Gasteiger partial charge in [-0.1, -0.05) is 6.07 Å². The second-order valence-electron chi connectivity index (χ2n) is 6.46. The third-order valence-electron chi connectivity index (χ3n) is 4.89. The molecule has 0 radical (unpaired) electrons. The number of aliphatic hydroxyl groups is 1. The van der Waals surface area contributed by atoms with Gasteiger partial charge < -0.3 is 24.1 Å². The minimum Gasteiger partial charge on any atom is -0.497 e. The highest BCUT2D eigenvalue weighted by Crippen LogP contribution is 2.40. The van der Waals surface area contributed by atoms with Crippen molar-refractivity contribution in [3.63, 3.8) is 0 Å². The maximum atomic E-state index is 13.2. The van der Waals surface area contributed by atoms with Crippen LogP contribution in [0.4, 0.5) is 0 Å². The van der Waals surface area contributed by atoms with E-state index in [-0.39, 0.29) is 5.78 Å². The molecule has 1 aliphatic carbocycles. The number of Topliss-reactive ketones (excluding diaryl/α,β-unsaturated/α-hetero) is 1. The fourth-order valence-electron chi connectivity index (χ4n) is 3.38. The Morgan fingerprint density at radius 3 is 2.21 bits per heavy atom. The van der Waals surface area contributed by atoms with Crippen LogP contribution in [0.25, 0.3) is 6.08 Å². The van der Waals surface area contributed by atoms with Crippen LogP contribution in [0, 0.1) is 0 Å². The molecule has 0 spiro atoms. The molecule has 0 saturated carbocycles. The molecule has 148 valence electrons. The summed E-state index contributed by atoms with van der Waals surface area (Å²) < 4.78 is 21.3. The van der Waals surface area contributed by atoms with E-state index >= 15 is 0 Å². The quantitative estimate of drug-likeness (QED) is 0.764. The molecule has 0 aromatic heterocycles. The number of hydrogen-bond donors (Lipinski definition) is 1. The molecule has 0 heterocycles. The lowest BCUT2D eigenvalue weighted by molar-refractivity contribution is 0.102. The van der Waals surface area contributed by atoms with Crippen LogP contribution in [0.3, 0.4) is 0 Å². The SMILES string of the molecule is COc1ccc2c(c1)C(O)CCC(C(=O)c1cc(OC)c(OC)c(OC)c1)=C2. The number of benzene rings is 2. The number of ether oxygens (including phenoxy) is 4. The molecule has 0 bridgehead atoms. The molecule has 0 amide bonds. The Morgan fingerprint density at radius 1 is 0.964 bits per heavy atom. The number of carbonyl (C=O) groups is 1. The molecular formula is C22H24O6. The van der Waals surface area contributed by atoms with Gasteiger partial charge in [-0.2, -0.15) is 0 Å². The molecule has 6 heteroatoms. The third-order valence-corrected chi connectivity index (χ3v) is 4.89. The van der Waals surface area contributed by atoms with E-state index in [9.17, 15) is 9.90 Å². The number of hydrogen-bond acceptors (Lipinski definition) is 6. The number of ketones is 1. The first-order valence-electron chi connectivity index (χ1n) is 8.93. The molecule has 0 aliphatic heterocycles. The molecule has 1 N–H and O–H groups in total. The maximum Gasteiger partial charge on any atom is 0.203 e. The van der Waals surface area contributed by atoms with Crippen molar-refractivity contribution in [2.75, 3.05) is 28.4 Å². The van der Waals surface area contributed by atoms with E-state index in [1.165, 1.54) is 21.3 Å². The molecule has 1 atom stereocenters. The van der Waals surface area contributed by atoms with Crippen LogP contribution in [0.2, 0.25) is 0 Å². The minimum absolute atomic E-state index is 0.143. The predicted molar refractivity (Wildman–Crippen MR) is 106 cm³/mol.